The zero-order valence-electron chi connectivity index (χ0n) is 17.5. The number of carbonyl (C=O) groups is 1. The van der Waals surface area contributed by atoms with Gasteiger partial charge in [-0.15, -0.1) is 0 Å². The van der Waals surface area contributed by atoms with Gasteiger partial charge in [0, 0.05) is 49.6 Å². The molecule has 2 bridgehead atoms. The highest BCUT2D eigenvalue weighted by atomic mass is 16.2. The minimum atomic E-state index is 0.216. The Morgan fingerprint density at radius 3 is 2.60 bits per heavy atom. The number of aryl methyl sites for hydroxylation is 1. The summed E-state index contributed by atoms with van der Waals surface area (Å²) in [6.07, 6.45) is 8.99. The van der Waals surface area contributed by atoms with Crippen LogP contribution in [0.15, 0.2) is 12.4 Å². The van der Waals surface area contributed by atoms with Gasteiger partial charge in [-0.1, -0.05) is 0 Å². The van der Waals surface area contributed by atoms with E-state index in [4.69, 9.17) is 5.10 Å². The average Bonchev–Trinajstić information content (AvgIpc) is 3.05. The maximum absolute atomic E-state index is 12.9. The lowest BCUT2D eigenvalue weighted by molar-refractivity contribution is -0.246. The molecule has 158 valence electrons. The van der Waals surface area contributed by atoms with E-state index in [0.29, 0.717) is 22.8 Å². The minimum Gasteiger partial charge on any atom is -0.324 e. The van der Waals surface area contributed by atoms with Gasteiger partial charge in [0.2, 0.25) is 0 Å². The second-order valence-electron chi connectivity index (χ2n) is 10.7. The van der Waals surface area contributed by atoms with Crippen molar-refractivity contribution >= 4 is 6.03 Å². The number of carbonyl (C=O) groups excluding carboxylic acids is 1. The predicted molar refractivity (Wildman–Crippen MR) is 109 cm³/mol. The highest BCUT2D eigenvalue weighted by Gasteiger charge is 2.73. The Morgan fingerprint density at radius 1 is 1.10 bits per heavy atom. The van der Waals surface area contributed by atoms with E-state index in [9.17, 15) is 4.79 Å². The summed E-state index contributed by atoms with van der Waals surface area (Å²) in [6.45, 7) is 5.58. The van der Waals surface area contributed by atoms with Crippen LogP contribution < -0.4 is 0 Å². The second-order valence-corrected chi connectivity index (χ2v) is 10.7. The number of hydrogen-bond donors (Lipinski definition) is 1. The van der Waals surface area contributed by atoms with E-state index in [1.165, 1.54) is 43.5 Å². The van der Waals surface area contributed by atoms with Crippen LogP contribution in [0.3, 0.4) is 0 Å². The molecule has 0 aromatic carbocycles. The van der Waals surface area contributed by atoms with Crippen LogP contribution >= 0.6 is 0 Å². The molecule has 8 rings (SSSR count). The molecule has 4 saturated carbocycles. The van der Waals surface area contributed by atoms with Crippen LogP contribution in [0.2, 0.25) is 0 Å². The third kappa shape index (κ3) is 2.28. The van der Waals surface area contributed by atoms with Gasteiger partial charge in [0.15, 0.2) is 0 Å². The van der Waals surface area contributed by atoms with Gasteiger partial charge < -0.3 is 9.80 Å². The van der Waals surface area contributed by atoms with Crippen LogP contribution in [0.1, 0.15) is 67.6 Å². The largest absolute Gasteiger partial charge is 0.324 e. The van der Waals surface area contributed by atoms with Crippen LogP contribution in [-0.4, -0.2) is 67.0 Å². The molecule has 30 heavy (non-hydrogen) atoms. The molecule has 6 aliphatic rings. The van der Waals surface area contributed by atoms with Crippen LogP contribution in [0.25, 0.3) is 0 Å². The molecule has 1 atom stereocenters. The molecule has 2 amide bonds. The quantitative estimate of drug-likeness (QED) is 0.845. The standard InChI is InChI=1S/C22H29N7O/c1-14-6-18(15-2-3-15)29(26-14)22-10-21(11-22,12-22)17-8-28(9-17)20(30)27-5-4-16(7-27)19-23-13-24-25-19/h6,13,15-17H,2-5,7-12H2,1H3,(H,23,24,25)/t16-,21?,22?/m0/s1. The lowest BCUT2D eigenvalue weighted by Gasteiger charge is -2.75. The normalized spacial score (nSPS) is 35.2. The lowest BCUT2D eigenvalue weighted by atomic mass is 9.35. The first-order valence-electron chi connectivity index (χ1n) is 11.5. The van der Waals surface area contributed by atoms with E-state index < -0.39 is 0 Å². The Hall–Kier alpha value is -2.38. The van der Waals surface area contributed by atoms with Crippen molar-refractivity contribution in [2.24, 2.45) is 11.3 Å². The summed E-state index contributed by atoms with van der Waals surface area (Å²) in [5.74, 6) is 2.64. The summed E-state index contributed by atoms with van der Waals surface area (Å²) in [5, 5.41) is 11.8. The third-order valence-electron chi connectivity index (χ3n) is 8.64. The first kappa shape index (κ1) is 17.3. The Balaban J connectivity index is 0.959. The molecular weight excluding hydrogens is 378 g/mol. The van der Waals surface area contributed by atoms with E-state index in [-0.39, 0.29) is 6.03 Å². The molecule has 0 radical (unpaired) electrons. The second kappa shape index (κ2) is 5.65. The highest BCUT2D eigenvalue weighted by molar-refractivity contribution is 5.76. The lowest BCUT2D eigenvalue weighted by Crippen LogP contribution is -2.75. The van der Waals surface area contributed by atoms with Gasteiger partial charge in [0.05, 0.1) is 11.2 Å². The molecule has 0 unspecified atom stereocenters. The molecule has 1 N–H and O–H groups in total. The maximum Gasteiger partial charge on any atom is 0.320 e. The molecule has 2 aromatic rings. The van der Waals surface area contributed by atoms with E-state index >= 15 is 0 Å². The molecule has 8 nitrogen and oxygen atoms in total. The summed E-state index contributed by atoms with van der Waals surface area (Å²) < 4.78 is 2.41. The van der Waals surface area contributed by atoms with Gasteiger partial charge in [-0.3, -0.25) is 9.78 Å². The van der Waals surface area contributed by atoms with Gasteiger partial charge in [-0.05, 0) is 56.9 Å². The molecule has 2 aliphatic heterocycles. The number of nitrogens with zero attached hydrogens (tertiary/aromatic N) is 6. The zero-order chi connectivity index (χ0) is 20.1. The summed E-state index contributed by atoms with van der Waals surface area (Å²) >= 11 is 0. The van der Waals surface area contributed by atoms with Crippen molar-refractivity contribution in [1.82, 2.24) is 34.8 Å². The molecule has 6 fully saturated rings. The number of hydrogen-bond acceptors (Lipinski definition) is 4. The Bertz CT molecular complexity index is 981. The van der Waals surface area contributed by atoms with Crippen LogP contribution in [0.5, 0.6) is 0 Å². The highest BCUT2D eigenvalue weighted by Crippen LogP contribution is 2.75. The van der Waals surface area contributed by atoms with Crippen molar-refractivity contribution in [1.29, 1.82) is 0 Å². The number of H-pyrrole nitrogens is 1. The van der Waals surface area contributed by atoms with E-state index in [0.717, 1.165) is 44.3 Å². The van der Waals surface area contributed by atoms with Crippen molar-refractivity contribution in [3.05, 3.63) is 29.6 Å². The molecule has 2 saturated heterocycles. The SMILES string of the molecule is Cc1cc(C2CC2)n(C23CC(C4CN(C(=O)N5CC[C@H](c6ncn[nH]6)C5)C4)(C2)C3)n1. The predicted octanol–water partition coefficient (Wildman–Crippen LogP) is 2.61. The summed E-state index contributed by atoms with van der Waals surface area (Å²) in [5.41, 5.74) is 3.44. The summed E-state index contributed by atoms with van der Waals surface area (Å²) in [7, 11) is 0. The first-order chi connectivity index (χ1) is 14.6. The number of nitrogens with one attached hydrogen (secondary N) is 1. The first-order valence-corrected chi connectivity index (χ1v) is 11.5. The van der Waals surface area contributed by atoms with Gasteiger partial charge >= 0.3 is 6.03 Å². The number of aromatic amines is 1. The molecule has 8 heteroatoms. The molecule has 4 aliphatic carbocycles. The van der Waals surface area contributed by atoms with Crippen LogP contribution in [0.4, 0.5) is 4.79 Å². The number of urea groups is 1. The zero-order valence-corrected chi connectivity index (χ0v) is 17.5. The fourth-order valence-corrected chi connectivity index (χ4v) is 6.83. The van der Waals surface area contributed by atoms with Crippen LogP contribution in [-0.2, 0) is 5.54 Å². The van der Waals surface area contributed by atoms with Crippen molar-refractivity contribution in [3.8, 4) is 0 Å². The van der Waals surface area contributed by atoms with Crippen molar-refractivity contribution < 1.29 is 4.79 Å². The van der Waals surface area contributed by atoms with Crippen molar-refractivity contribution in [2.75, 3.05) is 26.2 Å². The van der Waals surface area contributed by atoms with E-state index in [1.807, 2.05) is 4.90 Å². The van der Waals surface area contributed by atoms with Gasteiger partial charge in [0.1, 0.15) is 12.2 Å². The number of amides is 2. The molecule has 2 aromatic heterocycles. The smallest absolute Gasteiger partial charge is 0.320 e. The maximum atomic E-state index is 12.9. The van der Waals surface area contributed by atoms with Crippen LogP contribution in [0, 0.1) is 18.3 Å². The fourth-order valence-electron chi connectivity index (χ4n) is 6.83. The monoisotopic (exact) mass is 407 g/mol. The number of rotatable bonds is 4. The minimum absolute atomic E-state index is 0.216. The average molecular weight is 408 g/mol. The van der Waals surface area contributed by atoms with Gasteiger partial charge in [-0.2, -0.15) is 10.2 Å². The van der Waals surface area contributed by atoms with E-state index in [1.54, 1.807) is 6.33 Å². The topological polar surface area (TPSA) is 82.9 Å². The molecular formula is C22H29N7O. The molecule has 0 spiro atoms. The van der Waals surface area contributed by atoms with Crippen molar-refractivity contribution in [3.63, 3.8) is 0 Å². The number of likely N-dealkylation sites (tertiary alicyclic amines) is 2. The molecule has 4 heterocycles. The van der Waals surface area contributed by atoms with Gasteiger partial charge in [0.25, 0.3) is 0 Å². The Labute approximate surface area is 176 Å². The number of aromatic nitrogens is 5. The third-order valence-corrected chi connectivity index (χ3v) is 8.64. The summed E-state index contributed by atoms with van der Waals surface area (Å²) in [6, 6.07) is 2.53. The van der Waals surface area contributed by atoms with Gasteiger partial charge in [-0.25, -0.2) is 9.78 Å². The fraction of sp³-hybridized carbons (Fsp3) is 0.727. The Morgan fingerprint density at radius 2 is 1.90 bits per heavy atom. The van der Waals surface area contributed by atoms with E-state index in [2.05, 4.69) is 37.8 Å². The van der Waals surface area contributed by atoms with Crippen molar-refractivity contribution in [2.45, 2.75) is 62.8 Å². The Kier molecular flexibility index (Phi) is 3.26. The summed E-state index contributed by atoms with van der Waals surface area (Å²) in [4.78, 5) is 21.3.